The van der Waals surface area contributed by atoms with Crippen molar-refractivity contribution in [3.05, 3.63) is 64.2 Å². The second-order valence-corrected chi connectivity index (χ2v) is 12.1. The molecule has 0 radical (unpaired) electrons. The van der Waals surface area contributed by atoms with Crippen molar-refractivity contribution < 1.29 is 18.7 Å². The summed E-state index contributed by atoms with van der Waals surface area (Å²) in [6, 6.07) is 5.51. The lowest BCUT2D eigenvalue weighted by molar-refractivity contribution is 0.0206. The minimum Gasteiger partial charge on any atom is -0.444 e. The molecule has 218 valence electrons. The molecule has 12 heteroatoms. The van der Waals surface area contributed by atoms with Crippen molar-refractivity contribution >= 4 is 23.4 Å². The first-order chi connectivity index (χ1) is 19.2. The van der Waals surface area contributed by atoms with Gasteiger partial charge in [0.25, 0.3) is 11.5 Å². The van der Waals surface area contributed by atoms with Crippen LogP contribution in [0.25, 0.3) is 11.3 Å². The highest BCUT2D eigenvalue weighted by Crippen LogP contribution is 2.26. The van der Waals surface area contributed by atoms with Gasteiger partial charge in [-0.25, -0.2) is 19.3 Å². The molecule has 11 nitrogen and oxygen atoms in total. The SMILES string of the molecule is CC(C)(C)OC(=O)N1CCCC(Nc2cc(-c3ccc(F)c(NC(=O)c4cnc(C(C)(C)C)cn4)c3)n[nH]c2=O)C1. The van der Waals surface area contributed by atoms with Gasteiger partial charge < -0.3 is 20.3 Å². The number of rotatable bonds is 5. The number of aromatic nitrogens is 4. The zero-order chi connectivity index (χ0) is 29.9. The summed E-state index contributed by atoms with van der Waals surface area (Å²) in [4.78, 5) is 48.0. The number of likely N-dealkylation sites (tertiary alicyclic amines) is 1. The summed E-state index contributed by atoms with van der Waals surface area (Å²) in [5, 5.41) is 12.3. The third-order valence-corrected chi connectivity index (χ3v) is 6.40. The fourth-order valence-corrected chi connectivity index (χ4v) is 4.27. The molecule has 1 aliphatic heterocycles. The van der Waals surface area contributed by atoms with Gasteiger partial charge in [-0.3, -0.25) is 14.6 Å². The van der Waals surface area contributed by atoms with Crippen LogP contribution >= 0.6 is 0 Å². The molecule has 1 saturated heterocycles. The molecule has 0 bridgehead atoms. The van der Waals surface area contributed by atoms with E-state index in [4.69, 9.17) is 4.74 Å². The normalized spacial score (nSPS) is 15.8. The first kappa shape index (κ1) is 29.6. The van der Waals surface area contributed by atoms with E-state index >= 15 is 0 Å². The van der Waals surface area contributed by atoms with Crippen LogP contribution in [-0.2, 0) is 10.2 Å². The molecule has 4 rings (SSSR count). The highest BCUT2D eigenvalue weighted by atomic mass is 19.1. The summed E-state index contributed by atoms with van der Waals surface area (Å²) in [6.07, 6.45) is 3.98. The van der Waals surface area contributed by atoms with Crippen molar-refractivity contribution in [1.82, 2.24) is 25.1 Å². The number of nitrogens with zero attached hydrogens (tertiary/aromatic N) is 4. The summed E-state index contributed by atoms with van der Waals surface area (Å²) in [5.74, 6) is -1.26. The number of amides is 2. The van der Waals surface area contributed by atoms with Crippen molar-refractivity contribution in [2.45, 2.75) is 71.4 Å². The molecule has 2 aromatic heterocycles. The van der Waals surface area contributed by atoms with Crippen LogP contribution in [-0.4, -0.2) is 61.8 Å². The van der Waals surface area contributed by atoms with Crippen molar-refractivity contribution in [2.75, 3.05) is 23.7 Å². The van der Waals surface area contributed by atoms with Crippen LogP contribution in [0.1, 0.15) is 70.6 Å². The molecule has 1 aliphatic rings. The predicted octanol–water partition coefficient (Wildman–Crippen LogP) is 4.73. The van der Waals surface area contributed by atoms with Crippen molar-refractivity contribution in [1.29, 1.82) is 0 Å². The predicted molar refractivity (Wildman–Crippen MR) is 153 cm³/mol. The molecular weight excluding hydrogens is 529 g/mol. The summed E-state index contributed by atoms with van der Waals surface area (Å²) in [7, 11) is 0. The second-order valence-electron chi connectivity index (χ2n) is 12.1. The fourth-order valence-electron chi connectivity index (χ4n) is 4.27. The van der Waals surface area contributed by atoms with E-state index in [1.165, 1.54) is 30.6 Å². The van der Waals surface area contributed by atoms with Gasteiger partial charge >= 0.3 is 6.09 Å². The minimum absolute atomic E-state index is 0.0457. The number of anilines is 2. The van der Waals surface area contributed by atoms with Crippen LogP contribution < -0.4 is 16.2 Å². The van der Waals surface area contributed by atoms with Gasteiger partial charge in [-0.1, -0.05) is 20.8 Å². The molecule has 2 amide bonds. The Morgan fingerprint density at radius 1 is 1.07 bits per heavy atom. The maximum atomic E-state index is 14.7. The van der Waals surface area contributed by atoms with Crippen LogP contribution in [0.4, 0.5) is 20.6 Å². The van der Waals surface area contributed by atoms with E-state index in [0.717, 1.165) is 18.5 Å². The molecular formula is C29H36FN7O4. The number of halogens is 1. The van der Waals surface area contributed by atoms with E-state index in [0.29, 0.717) is 24.3 Å². The maximum Gasteiger partial charge on any atom is 0.410 e. The molecule has 0 saturated carbocycles. The number of H-pyrrole nitrogens is 1. The van der Waals surface area contributed by atoms with Gasteiger partial charge in [0.1, 0.15) is 22.8 Å². The largest absolute Gasteiger partial charge is 0.444 e. The van der Waals surface area contributed by atoms with E-state index in [2.05, 4.69) is 30.8 Å². The van der Waals surface area contributed by atoms with Crippen LogP contribution in [0.2, 0.25) is 0 Å². The Bertz CT molecular complexity index is 1480. The van der Waals surface area contributed by atoms with Gasteiger partial charge in [-0.15, -0.1) is 0 Å². The van der Waals surface area contributed by atoms with E-state index < -0.39 is 29.0 Å². The first-order valence-electron chi connectivity index (χ1n) is 13.5. The molecule has 0 spiro atoms. The van der Waals surface area contributed by atoms with Crippen LogP contribution in [0.15, 0.2) is 41.5 Å². The number of nitrogens with one attached hydrogen (secondary N) is 3. The maximum absolute atomic E-state index is 14.7. The monoisotopic (exact) mass is 565 g/mol. The fraction of sp³-hybridized carbons (Fsp3) is 0.448. The Hall–Kier alpha value is -4.35. The average molecular weight is 566 g/mol. The Balaban J connectivity index is 1.49. The lowest BCUT2D eigenvalue weighted by Gasteiger charge is -2.34. The van der Waals surface area contributed by atoms with Crippen LogP contribution in [0, 0.1) is 5.82 Å². The summed E-state index contributed by atoms with van der Waals surface area (Å²) in [5.41, 5.74) is 0.515. The summed E-state index contributed by atoms with van der Waals surface area (Å²) >= 11 is 0. The Morgan fingerprint density at radius 2 is 1.83 bits per heavy atom. The van der Waals surface area contributed by atoms with Gasteiger partial charge in [0, 0.05) is 36.3 Å². The van der Waals surface area contributed by atoms with Gasteiger partial charge in [-0.2, -0.15) is 5.10 Å². The van der Waals surface area contributed by atoms with E-state index in [1.807, 2.05) is 41.5 Å². The molecule has 1 atom stereocenters. The first-order valence-corrected chi connectivity index (χ1v) is 13.5. The topological polar surface area (TPSA) is 142 Å². The standard InChI is InChI=1S/C29H36FN7O4/c1-28(2,3)24-15-31-23(14-32-24)25(38)34-21-12-17(9-10-19(21)30)20-13-22(26(39)36-35-20)33-18-8-7-11-37(16-18)27(40)41-29(4,5)6/h9-10,12-15,18H,7-8,11,16H2,1-6H3,(H,33,35)(H,34,38)(H,36,39). The van der Waals surface area contributed by atoms with E-state index in [-0.39, 0.29) is 28.5 Å². The van der Waals surface area contributed by atoms with Crippen LogP contribution in [0.5, 0.6) is 0 Å². The smallest absolute Gasteiger partial charge is 0.410 e. The number of carbonyl (C=O) groups is 2. The number of hydrogen-bond donors (Lipinski definition) is 3. The van der Waals surface area contributed by atoms with Gasteiger partial charge in [0.15, 0.2) is 0 Å². The van der Waals surface area contributed by atoms with Crippen LogP contribution in [0.3, 0.4) is 0 Å². The summed E-state index contributed by atoms with van der Waals surface area (Å²) in [6.45, 7) is 12.3. The number of carbonyl (C=O) groups excluding carboxylic acids is 2. The molecule has 41 heavy (non-hydrogen) atoms. The Labute approximate surface area is 237 Å². The van der Waals surface area contributed by atoms with Gasteiger partial charge in [-0.05, 0) is 57.9 Å². The molecule has 1 aromatic carbocycles. The molecule has 3 aromatic rings. The van der Waals surface area contributed by atoms with Gasteiger partial charge in [0.2, 0.25) is 0 Å². The van der Waals surface area contributed by atoms with Crippen molar-refractivity contribution in [2.24, 2.45) is 0 Å². The lowest BCUT2D eigenvalue weighted by Crippen LogP contribution is -2.47. The zero-order valence-electron chi connectivity index (χ0n) is 24.2. The number of piperidine rings is 1. The Morgan fingerprint density at radius 3 is 2.49 bits per heavy atom. The average Bonchev–Trinajstić information content (AvgIpc) is 2.90. The summed E-state index contributed by atoms with van der Waals surface area (Å²) < 4.78 is 20.1. The highest BCUT2D eigenvalue weighted by Gasteiger charge is 2.28. The number of ether oxygens (including phenoxy) is 1. The number of aromatic amines is 1. The highest BCUT2D eigenvalue weighted by molar-refractivity contribution is 6.03. The zero-order valence-corrected chi connectivity index (χ0v) is 24.2. The number of hydrogen-bond acceptors (Lipinski definition) is 8. The van der Waals surface area contributed by atoms with E-state index in [9.17, 15) is 18.8 Å². The third kappa shape index (κ3) is 7.65. The molecule has 0 aliphatic carbocycles. The van der Waals surface area contributed by atoms with Crippen molar-refractivity contribution in [3.63, 3.8) is 0 Å². The molecule has 3 heterocycles. The Kier molecular flexibility index (Phi) is 8.41. The quantitative estimate of drug-likeness (QED) is 0.403. The second kappa shape index (κ2) is 11.6. The number of benzene rings is 1. The molecule has 1 fully saturated rings. The van der Waals surface area contributed by atoms with Crippen molar-refractivity contribution in [3.8, 4) is 11.3 Å². The lowest BCUT2D eigenvalue weighted by atomic mass is 9.93. The molecule has 3 N–H and O–H groups in total. The minimum atomic E-state index is -0.645. The third-order valence-electron chi connectivity index (χ3n) is 6.40. The van der Waals surface area contributed by atoms with Gasteiger partial charge in [0.05, 0.1) is 23.3 Å². The van der Waals surface area contributed by atoms with E-state index in [1.54, 1.807) is 11.0 Å². The molecule has 1 unspecified atom stereocenters.